The highest BCUT2D eigenvalue weighted by atomic mass is 19.2. The first-order valence-corrected chi connectivity index (χ1v) is 11.1. The molecule has 4 heterocycles. The molecule has 182 valence electrons. The number of imidazole rings is 1. The lowest BCUT2D eigenvalue weighted by Gasteiger charge is -2.30. The number of pyridine rings is 1. The Morgan fingerprint density at radius 1 is 1.14 bits per heavy atom. The van der Waals surface area contributed by atoms with Crippen LogP contribution in [0.3, 0.4) is 0 Å². The quantitative estimate of drug-likeness (QED) is 0.385. The zero-order valence-electron chi connectivity index (χ0n) is 19.4. The minimum Gasteiger partial charge on any atom is -0.493 e. The molecule has 1 aliphatic heterocycles. The van der Waals surface area contributed by atoms with E-state index in [2.05, 4.69) is 26.1 Å². The molecule has 0 radical (unpaired) electrons. The molecule has 0 fully saturated rings. The van der Waals surface area contributed by atoms with Crippen LogP contribution in [-0.2, 0) is 12.0 Å². The third-order valence-electron chi connectivity index (χ3n) is 6.11. The first-order chi connectivity index (χ1) is 17.3. The van der Waals surface area contributed by atoms with Crippen LogP contribution in [0.2, 0.25) is 0 Å². The Morgan fingerprint density at radius 3 is 2.58 bits per heavy atom. The lowest BCUT2D eigenvalue weighted by Crippen LogP contribution is -2.35. The number of aryl methyl sites for hydroxylation is 2. The Bertz CT molecular complexity index is 1510. The summed E-state index contributed by atoms with van der Waals surface area (Å²) in [6.45, 7) is 2.36. The van der Waals surface area contributed by atoms with Crippen molar-refractivity contribution >= 4 is 12.2 Å². The fraction of sp³-hybridized carbons (Fsp3) is 0.240. The molecule has 0 spiro atoms. The third kappa shape index (κ3) is 3.90. The summed E-state index contributed by atoms with van der Waals surface area (Å²) in [6.07, 6.45) is 9.33. The fourth-order valence-electron chi connectivity index (χ4n) is 4.35. The average molecular weight is 491 g/mol. The van der Waals surface area contributed by atoms with Gasteiger partial charge in [0.25, 0.3) is 0 Å². The van der Waals surface area contributed by atoms with Crippen LogP contribution < -0.4 is 4.74 Å². The molecule has 0 N–H and O–H groups in total. The Morgan fingerprint density at radius 2 is 1.92 bits per heavy atom. The maximum absolute atomic E-state index is 14.0. The van der Waals surface area contributed by atoms with Gasteiger partial charge in [0.2, 0.25) is 0 Å². The number of ether oxygens (including phenoxy) is 1. The number of halogens is 3. The van der Waals surface area contributed by atoms with E-state index < -0.39 is 22.9 Å². The molecule has 5 rings (SSSR count). The molecule has 0 saturated carbocycles. The summed E-state index contributed by atoms with van der Waals surface area (Å²) in [6, 6.07) is 5.65. The van der Waals surface area contributed by atoms with Gasteiger partial charge in [-0.15, -0.1) is 0 Å². The van der Waals surface area contributed by atoms with E-state index in [9.17, 15) is 18.4 Å². The van der Waals surface area contributed by atoms with E-state index in [1.165, 1.54) is 0 Å². The molecule has 0 unspecified atom stereocenters. The molecule has 1 aliphatic rings. The Hall–Kier alpha value is -4.46. The van der Waals surface area contributed by atoms with Crippen LogP contribution in [0.1, 0.15) is 41.3 Å². The van der Waals surface area contributed by atoms with Gasteiger partial charge in [-0.1, -0.05) is 0 Å². The van der Waals surface area contributed by atoms with Gasteiger partial charge in [0.1, 0.15) is 11.7 Å². The summed E-state index contributed by atoms with van der Waals surface area (Å²) in [7, 11) is 1.55. The van der Waals surface area contributed by atoms with Crippen LogP contribution in [0.25, 0.3) is 18.0 Å². The molecule has 0 bridgehead atoms. The van der Waals surface area contributed by atoms with Crippen molar-refractivity contribution in [3.63, 3.8) is 0 Å². The smallest absolute Gasteiger partial charge is 0.194 e. The molecule has 4 aromatic rings. The van der Waals surface area contributed by atoms with E-state index in [1.54, 1.807) is 47.1 Å². The number of hydrogen-bond donors (Lipinski definition) is 0. The predicted octanol–water partition coefficient (Wildman–Crippen LogP) is 4.37. The van der Waals surface area contributed by atoms with Crippen molar-refractivity contribution in [1.82, 2.24) is 29.3 Å². The molecule has 1 aromatic carbocycles. The molecule has 8 nitrogen and oxygen atoms in total. The molecular formula is C25H20F3N7O. The van der Waals surface area contributed by atoms with E-state index in [-0.39, 0.29) is 17.8 Å². The van der Waals surface area contributed by atoms with Crippen molar-refractivity contribution in [3.05, 3.63) is 82.8 Å². The Labute approximate surface area is 204 Å². The van der Waals surface area contributed by atoms with Crippen molar-refractivity contribution in [2.75, 3.05) is 7.11 Å². The number of nitriles is 1. The molecule has 1 atom stereocenters. The Balaban J connectivity index is 1.49. The summed E-state index contributed by atoms with van der Waals surface area (Å²) in [5, 5.41) is 14.5. The number of aromatic nitrogens is 6. The monoisotopic (exact) mass is 491 g/mol. The van der Waals surface area contributed by atoms with E-state index in [0.717, 1.165) is 23.4 Å². The normalized spacial score (nSPS) is 17.2. The van der Waals surface area contributed by atoms with Gasteiger partial charge < -0.3 is 4.74 Å². The van der Waals surface area contributed by atoms with Crippen LogP contribution in [-0.4, -0.2) is 36.4 Å². The maximum Gasteiger partial charge on any atom is 0.194 e. The zero-order valence-corrected chi connectivity index (χ0v) is 19.4. The van der Waals surface area contributed by atoms with Gasteiger partial charge in [-0.3, -0.25) is 4.57 Å². The van der Waals surface area contributed by atoms with E-state index >= 15 is 0 Å². The molecular weight excluding hydrogens is 471 g/mol. The van der Waals surface area contributed by atoms with Gasteiger partial charge in [0.05, 0.1) is 18.9 Å². The van der Waals surface area contributed by atoms with E-state index in [0.29, 0.717) is 30.4 Å². The van der Waals surface area contributed by atoms with Crippen LogP contribution in [0, 0.1) is 35.7 Å². The van der Waals surface area contributed by atoms with Crippen LogP contribution in [0.5, 0.6) is 5.75 Å². The molecule has 11 heteroatoms. The SMILES string of the molecule is COc1cc(C=Cc2nc3n(n2)CCC[C@]3(C#N)c2cc(F)c(F)c(F)c2)cnc1-n1cnc(C)c1. The topological polar surface area (TPSA) is 94.4 Å². The van der Waals surface area contributed by atoms with Crippen LogP contribution in [0.15, 0.2) is 36.9 Å². The lowest BCUT2D eigenvalue weighted by atomic mass is 9.75. The van der Waals surface area contributed by atoms with Crippen LogP contribution in [0.4, 0.5) is 13.2 Å². The number of rotatable bonds is 5. The molecule has 0 saturated heterocycles. The van der Waals surface area contributed by atoms with Gasteiger partial charge in [-0.25, -0.2) is 32.8 Å². The summed E-state index contributed by atoms with van der Waals surface area (Å²) >= 11 is 0. The van der Waals surface area contributed by atoms with E-state index in [4.69, 9.17) is 4.74 Å². The number of nitrogens with zero attached hydrogens (tertiary/aromatic N) is 7. The minimum absolute atomic E-state index is 0.00421. The number of benzene rings is 1. The molecule has 0 aliphatic carbocycles. The van der Waals surface area contributed by atoms with Crippen LogP contribution >= 0.6 is 0 Å². The standard InChI is InChI=1S/C25H20F3N7O/c1-15-12-34(14-31-15)23-20(36-2)8-16(11-30-23)4-5-21-32-24-25(13-29,6-3-7-35(24)33-21)17-9-18(26)22(28)19(27)10-17/h4-5,8-12,14H,3,6-7H2,1-2H3/t25-/m0/s1. The van der Waals surface area contributed by atoms with Gasteiger partial charge in [-0.2, -0.15) is 10.4 Å². The van der Waals surface area contributed by atoms with Crippen molar-refractivity contribution in [1.29, 1.82) is 5.26 Å². The fourth-order valence-corrected chi connectivity index (χ4v) is 4.35. The second-order valence-electron chi connectivity index (χ2n) is 8.44. The zero-order chi connectivity index (χ0) is 25.4. The summed E-state index contributed by atoms with van der Waals surface area (Å²) in [4.78, 5) is 13.2. The average Bonchev–Trinajstić information content (AvgIpc) is 3.51. The van der Waals surface area contributed by atoms with Gasteiger partial charge in [-0.05, 0) is 61.2 Å². The lowest BCUT2D eigenvalue weighted by molar-refractivity contribution is 0.385. The molecule has 0 amide bonds. The minimum atomic E-state index is -1.58. The number of fused-ring (bicyclic) bond motifs is 1. The van der Waals surface area contributed by atoms with Crippen molar-refractivity contribution in [3.8, 4) is 17.6 Å². The predicted molar refractivity (Wildman–Crippen MR) is 124 cm³/mol. The number of hydrogen-bond acceptors (Lipinski definition) is 6. The highest BCUT2D eigenvalue weighted by molar-refractivity contribution is 5.68. The van der Waals surface area contributed by atoms with Crippen molar-refractivity contribution < 1.29 is 17.9 Å². The second kappa shape index (κ2) is 8.96. The highest BCUT2D eigenvalue weighted by Crippen LogP contribution is 2.39. The summed E-state index contributed by atoms with van der Waals surface area (Å²) in [5.74, 6) is -2.60. The molecule has 3 aromatic heterocycles. The summed E-state index contributed by atoms with van der Waals surface area (Å²) in [5.41, 5.74) is 0.110. The second-order valence-corrected chi connectivity index (χ2v) is 8.44. The van der Waals surface area contributed by atoms with E-state index in [1.807, 2.05) is 13.1 Å². The maximum atomic E-state index is 14.0. The van der Waals surface area contributed by atoms with Gasteiger partial charge >= 0.3 is 0 Å². The third-order valence-corrected chi connectivity index (χ3v) is 6.11. The van der Waals surface area contributed by atoms with Gasteiger partial charge in [0, 0.05) is 18.9 Å². The molecule has 36 heavy (non-hydrogen) atoms. The summed E-state index contributed by atoms with van der Waals surface area (Å²) < 4.78 is 50.3. The van der Waals surface area contributed by atoms with Gasteiger partial charge in [0.15, 0.2) is 40.7 Å². The first-order valence-electron chi connectivity index (χ1n) is 11.1. The Kier molecular flexibility index (Phi) is 5.80. The number of methoxy groups -OCH3 is 1. The highest BCUT2D eigenvalue weighted by Gasteiger charge is 2.43. The first kappa shape index (κ1) is 23.3. The van der Waals surface area contributed by atoms with Crippen molar-refractivity contribution in [2.45, 2.75) is 31.7 Å². The van der Waals surface area contributed by atoms with Crippen molar-refractivity contribution in [2.24, 2.45) is 0 Å². The largest absolute Gasteiger partial charge is 0.493 e.